The third-order valence-electron chi connectivity index (χ3n) is 3.23. The number of aliphatic hydroxyl groups is 1. The molecule has 1 fully saturated rings. The van der Waals surface area contributed by atoms with Crippen molar-refractivity contribution in [2.75, 3.05) is 11.5 Å². The summed E-state index contributed by atoms with van der Waals surface area (Å²) in [6.07, 6.45) is 2.17. The second kappa shape index (κ2) is 5.83. The summed E-state index contributed by atoms with van der Waals surface area (Å²) < 4.78 is 25.8. The summed E-state index contributed by atoms with van der Waals surface area (Å²) in [6, 6.07) is 3.63. The van der Waals surface area contributed by atoms with Crippen LogP contribution in [0.4, 0.5) is 8.78 Å². The highest BCUT2D eigenvalue weighted by Crippen LogP contribution is 2.31. The number of aliphatic hydroxyl groups excluding tert-OH is 1. The first-order chi connectivity index (χ1) is 8.16. The molecule has 0 radical (unpaired) electrons. The Hall–Kier alpha value is -0.610. The number of benzene rings is 1. The van der Waals surface area contributed by atoms with Gasteiger partial charge in [0.2, 0.25) is 0 Å². The van der Waals surface area contributed by atoms with Gasteiger partial charge in [-0.25, -0.2) is 8.78 Å². The van der Waals surface area contributed by atoms with Crippen LogP contribution in [0.15, 0.2) is 18.2 Å². The lowest BCUT2D eigenvalue weighted by molar-refractivity contribution is 0.140. The highest BCUT2D eigenvalue weighted by atomic mass is 32.2. The van der Waals surface area contributed by atoms with Crippen LogP contribution < -0.4 is 0 Å². The monoisotopic (exact) mass is 258 g/mol. The summed E-state index contributed by atoms with van der Waals surface area (Å²) in [6.45, 7) is 0. The number of halogens is 2. The van der Waals surface area contributed by atoms with Crippen molar-refractivity contribution < 1.29 is 13.9 Å². The molecule has 2 rings (SSSR count). The first-order valence-corrected chi connectivity index (χ1v) is 7.03. The number of thioether (sulfide) groups is 1. The van der Waals surface area contributed by atoms with Gasteiger partial charge in [0.1, 0.15) is 0 Å². The maximum Gasteiger partial charge on any atom is 0.159 e. The molecule has 1 atom stereocenters. The molecule has 0 saturated carbocycles. The molecule has 1 unspecified atom stereocenters. The third-order valence-corrected chi connectivity index (χ3v) is 4.27. The van der Waals surface area contributed by atoms with Crippen LogP contribution in [0.1, 0.15) is 30.9 Å². The second-order valence-corrected chi connectivity index (χ2v) is 5.71. The van der Waals surface area contributed by atoms with Crippen molar-refractivity contribution in [2.24, 2.45) is 5.92 Å². The van der Waals surface area contributed by atoms with E-state index >= 15 is 0 Å². The summed E-state index contributed by atoms with van der Waals surface area (Å²) in [7, 11) is 0. The van der Waals surface area contributed by atoms with Gasteiger partial charge in [0.05, 0.1) is 6.10 Å². The van der Waals surface area contributed by atoms with Crippen molar-refractivity contribution in [1.82, 2.24) is 0 Å². The van der Waals surface area contributed by atoms with Crippen LogP contribution in [-0.4, -0.2) is 16.6 Å². The van der Waals surface area contributed by atoms with E-state index in [0.717, 1.165) is 36.5 Å². The van der Waals surface area contributed by atoms with E-state index in [4.69, 9.17) is 0 Å². The highest BCUT2D eigenvalue weighted by molar-refractivity contribution is 7.99. The van der Waals surface area contributed by atoms with Crippen molar-refractivity contribution in [3.8, 4) is 0 Å². The first-order valence-electron chi connectivity index (χ1n) is 5.87. The largest absolute Gasteiger partial charge is 0.388 e. The molecule has 0 amide bonds. The van der Waals surface area contributed by atoms with E-state index in [1.807, 2.05) is 11.8 Å². The summed E-state index contributed by atoms with van der Waals surface area (Å²) in [4.78, 5) is 0. The van der Waals surface area contributed by atoms with Crippen molar-refractivity contribution in [2.45, 2.75) is 25.4 Å². The molecule has 0 aliphatic carbocycles. The van der Waals surface area contributed by atoms with E-state index in [1.165, 1.54) is 6.07 Å². The lowest BCUT2D eigenvalue weighted by Gasteiger charge is -2.23. The van der Waals surface area contributed by atoms with Gasteiger partial charge in [-0.3, -0.25) is 0 Å². The standard InChI is InChI=1S/C13H16F2OS/c14-11-2-1-10(8-12(11)15)13(16)7-9-3-5-17-6-4-9/h1-2,8-9,13,16H,3-7H2. The fraction of sp³-hybridized carbons (Fsp3) is 0.538. The molecular formula is C13H16F2OS. The van der Waals surface area contributed by atoms with Crippen LogP contribution in [0.25, 0.3) is 0 Å². The molecule has 1 aromatic rings. The van der Waals surface area contributed by atoms with Crippen LogP contribution in [-0.2, 0) is 0 Å². The van der Waals surface area contributed by atoms with Crippen LogP contribution >= 0.6 is 11.8 Å². The van der Waals surface area contributed by atoms with Crippen molar-refractivity contribution in [1.29, 1.82) is 0 Å². The van der Waals surface area contributed by atoms with Crippen LogP contribution in [0.3, 0.4) is 0 Å². The molecule has 0 spiro atoms. The van der Waals surface area contributed by atoms with E-state index in [9.17, 15) is 13.9 Å². The number of hydrogen-bond acceptors (Lipinski definition) is 2. The molecule has 4 heteroatoms. The molecule has 1 aliphatic heterocycles. The summed E-state index contributed by atoms with van der Waals surface area (Å²) in [5.74, 6) is 1.01. The van der Waals surface area contributed by atoms with E-state index in [1.54, 1.807) is 0 Å². The molecule has 17 heavy (non-hydrogen) atoms. The fourth-order valence-corrected chi connectivity index (χ4v) is 3.36. The summed E-state index contributed by atoms with van der Waals surface area (Å²) >= 11 is 1.93. The van der Waals surface area contributed by atoms with E-state index in [-0.39, 0.29) is 0 Å². The van der Waals surface area contributed by atoms with E-state index in [2.05, 4.69) is 0 Å². The van der Waals surface area contributed by atoms with Gasteiger partial charge in [0, 0.05) is 0 Å². The zero-order valence-electron chi connectivity index (χ0n) is 9.53. The minimum Gasteiger partial charge on any atom is -0.388 e. The Bertz CT molecular complexity index is 378. The summed E-state index contributed by atoms with van der Waals surface area (Å²) in [5, 5.41) is 9.99. The molecule has 1 aromatic carbocycles. The van der Waals surface area contributed by atoms with Gasteiger partial charge in [-0.05, 0) is 54.4 Å². The number of hydrogen-bond donors (Lipinski definition) is 1. The highest BCUT2D eigenvalue weighted by Gasteiger charge is 2.19. The van der Waals surface area contributed by atoms with E-state index < -0.39 is 17.7 Å². The SMILES string of the molecule is OC(CC1CCSCC1)c1ccc(F)c(F)c1. The molecule has 1 heterocycles. The van der Waals surface area contributed by atoms with Gasteiger partial charge >= 0.3 is 0 Å². The summed E-state index contributed by atoms with van der Waals surface area (Å²) in [5.41, 5.74) is 0.474. The third kappa shape index (κ3) is 3.42. The van der Waals surface area contributed by atoms with Gasteiger partial charge in [-0.15, -0.1) is 0 Å². The molecule has 1 nitrogen and oxygen atoms in total. The normalized spacial score (nSPS) is 19.2. The Balaban J connectivity index is 1.98. The average molecular weight is 258 g/mol. The molecule has 94 valence electrons. The van der Waals surface area contributed by atoms with Crippen LogP contribution in [0, 0.1) is 17.6 Å². The molecule has 1 N–H and O–H groups in total. The molecule has 1 saturated heterocycles. The van der Waals surface area contributed by atoms with Crippen molar-refractivity contribution >= 4 is 11.8 Å². The predicted molar refractivity (Wildman–Crippen MR) is 66.0 cm³/mol. The minimum atomic E-state index is -0.888. The molecule has 1 aliphatic rings. The zero-order valence-corrected chi connectivity index (χ0v) is 10.4. The average Bonchev–Trinajstić information content (AvgIpc) is 2.34. The molecule has 0 aromatic heterocycles. The van der Waals surface area contributed by atoms with Crippen molar-refractivity contribution in [3.63, 3.8) is 0 Å². The first kappa shape index (κ1) is 12.8. The minimum absolute atomic E-state index is 0.474. The lowest BCUT2D eigenvalue weighted by Crippen LogP contribution is -2.13. The maximum atomic E-state index is 13.0. The van der Waals surface area contributed by atoms with Gasteiger partial charge < -0.3 is 5.11 Å². The lowest BCUT2D eigenvalue weighted by atomic mass is 9.92. The Labute approximate surface area is 104 Å². The van der Waals surface area contributed by atoms with Crippen LogP contribution in [0.2, 0.25) is 0 Å². The fourth-order valence-electron chi connectivity index (χ4n) is 2.15. The van der Waals surface area contributed by atoms with Gasteiger partial charge in [0.25, 0.3) is 0 Å². The van der Waals surface area contributed by atoms with Gasteiger partial charge in [-0.1, -0.05) is 6.07 Å². The Morgan fingerprint density at radius 1 is 1.24 bits per heavy atom. The quantitative estimate of drug-likeness (QED) is 0.895. The zero-order chi connectivity index (χ0) is 12.3. The number of rotatable bonds is 3. The van der Waals surface area contributed by atoms with E-state index in [0.29, 0.717) is 17.9 Å². The molecular weight excluding hydrogens is 242 g/mol. The van der Waals surface area contributed by atoms with Crippen LogP contribution in [0.5, 0.6) is 0 Å². The Kier molecular flexibility index (Phi) is 4.40. The Morgan fingerprint density at radius 3 is 2.59 bits per heavy atom. The topological polar surface area (TPSA) is 20.2 Å². The van der Waals surface area contributed by atoms with Gasteiger partial charge in [-0.2, -0.15) is 11.8 Å². The second-order valence-electron chi connectivity index (χ2n) is 4.48. The maximum absolute atomic E-state index is 13.0. The predicted octanol–water partition coefficient (Wildman–Crippen LogP) is 3.53. The smallest absolute Gasteiger partial charge is 0.159 e. The van der Waals surface area contributed by atoms with Gasteiger partial charge in [0.15, 0.2) is 11.6 Å². The molecule has 0 bridgehead atoms. The van der Waals surface area contributed by atoms with Crippen molar-refractivity contribution in [3.05, 3.63) is 35.4 Å². The Morgan fingerprint density at radius 2 is 1.94 bits per heavy atom.